The number of thiophene rings is 1. The fraction of sp³-hybridized carbons (Fsp3) is 0.300. The summed E-state index contributed by atoms with van der Waals surface area (Å²) < 4.78 is 70.1. The first kappa shape index (κ1) is 22.5. The minimum absolute atomic E-state index is 0.0151. The van der Waals surface area contributed by atoms with Gasteiger partial charge in [-0.2, -0.15) is 17.5 Å². The van der Waals surface area contributed by atoms with E-state index in [-0.39, 0.29) is 40.3 Å². The highest BCUT2D eigenvalue weighted by Crippen LogP contribution is 2.36. The standard InChI is InChI=1S/C20H18F3N3O4S2/c1-13-12-25(19(27)14-5-3-2-4-6-14)9-10-26(13)32(28,29)18-8-7-16(31-18)15-11-17(30-24-15)20(21,22)23/h2-8,11,13H,9-10,12H2,1H3/t13-/m1/s1. The molecular weight excluding hydrogens is 467 g/mol. The van der Waals surface area contributed by atoms with Crippen LogP contribution in [0.3, 0.4) is 0 Å². The van der Waals surface area contributed by atoms with E-state index < -0.39 is 28.0 Å². The number of rotatable bonds is 4. The second-order valence-electron chi connectivity index (χ2n) is 7.27. The van der Waals surface area contributed by atoms with Crippen LogP contribution in [0.5, 0.6) is 0 Å². The average molecular weight is 486 g/mol. The number of alkyl halides is 3. The van der Waals surface area contributed by atoms with Crippen molar-refractivity contribution in [3.05, 3.63) is 59.9 Å². The number of aromatic nitrogens is 1. The summed E-state index contributed by atoms with van der Waals surface area (Å²) in [4.78, 5) is 14.5. The number of benzene rings is 1. The van der Waals surface area contributed by atoms with E-state index in [4.69, 9.17) is 0 Å². The molecule has 170 valence electrons. The van der Waals surface area contributed by atoms with E-state index in [0.717, 1.165) is 17.4 Å². The van der Waals surface area contributed by atoms with E-state index >= 15 is 0 Å². The van der Waals surface area contributed by atoms with E-state index in [1.54, 1.807) is 36.1 Å². The van der Waals surface area contributed by atoms with Crippen molar-refractivity contribution in [1.82, 2.24) is 14.4 Å². The minimum atomic E-state index is -4.68. The largest absolute Gasteiger partial charge is 0.452 e. The zero-order valence-electron chi connectivity index (χ0n) is 16.7. The maximum atomic E-state index is 13.2. The third kappa shape index (κ3) is 4.30. The quantitative estimate of drug-likeness (QED) is 0.559. The van der Waals surface area contributed by atoms with Crippen LogP contribution in [0.4, 0.5) is 13.2 Å². The third-order valence-corrected chi connectivity index (χ3v) is 8.65. The van der Waals surface area contributed by atoms with Crippen LogP contribution in [-0.2, 0) is 16.2 Å². The molecule has 1 amide bonds. The van der Waals surface area contributed by atoms with Gasteiger partial charge in [-0.1, -0.05) is 23.4 Å². The molecule has 2 aromatic heterocycles. The van der Waals surface area contributed by atoms with Crippen molar-refractivity contribution in [3.63, 3.8) is 0 Å². The molecule has 0 aliphatic carbocycles. The van der Waals surface area contributed by atoms with Gasteiger partial charge in [0, 0.05) is 37.3 Å². The normalized spacial score (nSPS) is 18.1. The summed E-state index contributed by atoms with van der Waals surface area (Å²) in [5.41, 5.74) is 0.444. The third-order valence-electron chi connectivity index (χ3n) is 5.06. The van der Waals surface area contributed by atoms with Gasteiger partial charge < -0.3 is 9.42 Å². The van der Waals surface area contributed by atoms with E-state index in [9.17, 15) is 26.4 Å². The number of carbonyl (C=O) groups is 1. The summed E-state index contributed by atoms with van der Waals surface area (Å²) in [6.07, 6.45) is -4.68. The lowest BCUT2D eigenvalue weighted by Crippen LogP contribution is -2.55. The predicted octanol–water partition coefficient (Wildman–Crippen LogP) is 3.96. The first-order valence-corrected chi connectivity index (χ1v) is 11.8. The van der Waals surface area contributed by atoms with Crippen molar-refractivity contribution in [2.75, 3.05) is 19.6 Å². The van der Waals surface area contributed by atoms with Crippen LogP contribution in [0.2, 0.25) is 0 Å². The van der Waals surface area contributed by atoms with Gasteiger partial charge in [0.05, 0.1) is 4.88 Å². The van der Waals surface area contributed by atoms with E-state index in [1.807, 2.05) is 6.07 Å². The molecule has 3 heterocycles. The van der Waals surface area contributed by atoms with Crippen LogP contribution >= 0.6 is 11.3 Å². The van der Waals surface area contributed by atoms with Gasteiger partial charge in [0.25, 0.3) is 15.9 Å². The number of hydrogen-bond acceptors (Lipinski definition) is 6. The maximum absolute atomic E-state index is 13.2. The summed E-state index contributed by atoms with van der Waals surface area (Å²) in [5, 5.41) is 3.40. The fourth-order valence-corrected chi connectivity index (χ4v) is 6.48. The Morgan fingerprint density at radius 2 is 1.88 bits per heavy atom. The van der Waals surface area contributed by atoms with Gasteiger partial charge in [0.1, 0.15) is 9.90 Å². The predicted molar refractivity (Wildman–Crippen MR) is 111 cm³/mol. The first-order valence-electron chi connectivity index (χ1n) is 9.57. The molecule has 3 aromatic rings. The van der Waals surface area contributed by atoms with Crippen molar-refractivity contribution in [1.29, 1.82) is 0 Å². The molecule has 1 saturated heterocycles. The zero-order valence-corrected chi connectivity index (χ0v) is 18.4. The molecule has 0 unspecified atom stereocenters. The molecule has 1 fully saturated rings. The molecule has 0 spiro atoms. The summed E-state index contributed by atoms with van der Waals surface area (Å²) >= 11 is 0.817. The lowest BCUT2D eigenvalue weighted by Gasteiger charge is -2.38. The summed E-state index contributed by atoms with van der Waals surface area (Å²) in [6.45, 7) is 2.28. The summed E-state index contributed by atoms with van der Waals surface area (Å²) in [7, 11) is -3.90. The fourth-order valence-electron chi connectivity index (χ4n) is 3.48. The molecule has 1 aliphatic rings. The van der Waals surface area contributed by atoms with Gasteiger partial charge in [-0.3, -0.25) is 4.79 Å². The number of amides is 1. The molecular formula is C20H18F3N3O4S2. The summed E-state index contributed by atoms with van der Waals surface area (Å²) in [5.74, 6) is -1.42. The Balaban J connectivity index is 1.50. The molecule has 0 saturated carbocycles. The van der Waals surface area contributed by atoms with Crippen LogP contribution in [0, 0.1) is 0 Å². The van der Waals surface area contributed by atoms with Crippen LogP contribution < -0.4 is 0 Å². The molecule has 0 bridgehead atoms. The van der Waals surface area contributed by atoms with E-state index in [2.05, 4.69) is 9.68 Å². The van der Waals surface area contributed by atoms with E-state index in [1.165, 1.54) is 16.4 Å². The van der Waals surface area contributed by atoms with Gasteiger partial charge in [-0.25, -0.2) is 8.42 Å². The van der Waals surface area contributed by atoms with Gasteiger partial charge >= 0.3 is 6.18 Å². The molecule has 1 atom stereocenters. The van der Waals surface area contributed by atoms with Gasteiger partial charge in [-0.15, -0.1) is 11.3 Å². The van der Waals surface area contributed by atoms with Crippen molar-refractivity contribution >= 4 is 27.3 Å². The Labute approximate surface area is 186 Å². The SMILES string of the molecule is C[C@@H]1CN(C(=O)c2ccccc2)CCN1S(=O)(=O)c1ccc(-c2cc(C(F)(F)F)on2)s1. The van der Waals surface area contributed by atoms with Crippen molar-refractivity contribution in [2.24, 2.45) is 0 Å². The Morgan fingerprint density at radius 3 is 2.50 bits per heavy atom. The second-order valence-corrected chi connectivity index (χ2v) is 10.5. The maximum Gasteiger partial charge on any atom is 0.452 e. The molecule has 7 nitrogen and oxygen atoms in total. The molecule has 12 heteroatoms. The van der Waals surface area contributed by atoms with Crippen molar-refractivity contribution in [3.8, 4) is 10.6 Å². The van der Waals surface area contributed by atoms with E-state index in [0.29, 0.717) is 5.56 Å². The van der Waals surface area contributed by atoms with Crippen LogP contribution in [-0.4, -0.2) is 54.4 Å². The highest BCUT2D eigenvalue weighted by molar-refractivity contribution is 7.91. The Kier molecular flexibility index (Phi) is 5.86. The molecule has 1 aromatic carbocycles. The molecule has 0 radical (unpaired) electrons. The highest BCUT2D eigenvalue weighted by Gasteiger charge is 2.38. The molecule has 0 N–H and O–H groups in total. The molecule has 4 rings (SSSR count). The number of nitrogens with zero attached hydrogens (tertiary/aromatic N) is 3. The Bertz CT molecular complexity index is 1220. The number of sulfonamides is 1. The highest BCUT2D eigenvalue weighted by atomic mass is 32.2. The van der Waals surface area contributed by atoms with Crippen LogP contribution in [0.25, 0.3) is 10.6 Å². The summed E-state index contributed by atoms with van der Waals surface area (Å²) in [6, 6.07) is 11.7. The average Bonchev–Trinajstić information content (AvgIpc) is 3.43. The number of halogens is 3. The van der Waals surface area contributed by atoms with Gasteiger partial charge in [0.2, 0.25) is 5.76 Å². The smallest absolute Gasteiger partial charge is 0.351 e. The first-order chi connectivity index (χ1) is 15.1. The van der Waals surface area contributed by atoms with Gasteiger partial charge in [-0.05, 0) is 31.2 Å². The topological polar surface area (TPSA) is 83.7 Å². The number of hydrogen-bond donors (Lipinski definition) is 0. The number of carbonyl (C=O) groups excluding carboxylic acids is 1. The zero-order chi connectivity index (χ0) is 23.1. The monoisotopic (exact) mass is 485 g/mol. The van der Waals surface area contributed by atoms with Crippen LogP contribution in [0.15, 0.2) is 57.3 Å². The van der Waals surface area contributed by atoms with Crippen molar-refractivity contribution in [2.45, 2.75) is 23.4 Å². The minimum Gasteiger partial charge on any atom is -0.351 e. The Hall–Kier alpha value is -2.70. The lowest BCUT2D eigenvalue weighted by molar-refractivity contribution is -0.155. The molecule has 1 aliphatic heterocycles. The molecule has 32 heavy (non-hydrogen) atoms. The Morgan fingerprint density at radius 1 is 1.16 bits per heavy atom. The lowest BCUT2D eigenvalue weighted by atomic mass is 10.1. The van der Waals surface area contributed by atoms with Crippen molar-refractivity contribution < 1.29 is 30.9 Å². The van der Waals surface area contributed by atoms with Gasteiger partial charge in [0.15, 0.2) is 0 Å². The second kappa shape index (κ2) is 8.34. The van der Waals surface area contributed by atoms with Crippen LogP contribution in [0.1, 0.15) is 23.0 Å². The number of piperazine rings is 1.